The van der Waals surface area contributed by atoms with Gasteiger partial charge in [0.1, 0.15) is 6.10 Å². The topological polar surface area (TPSA) is 55.9 Å². The van der Waals surface area contributed by atoms with Crippen molar-refractivity contribution in [1.82, 2.24) is 19.6 Å². The van der Waals surface area contributed by atoms with Gasteiger partial charge in [-0.15, -0.1) is 0 Å². The highest BCUT2D eigenvalue weighted by molar-refractivity contribution is 5.34. The van der Waals surface area contributed by atoms with Crippen molar-refractivity contribution in [2.75, 3.05) is 0 Å². The standard InChI is InChI=1S/C16H18N4O/c1-3-19-15(11-12(2)18-19)16(21)14-9-10-17-20(14)13-7-5-4-6-8-13/h4-11,16,21H,3H2,1-2H3. The normalized spacial score (nSPS) is 12.5. The van der Waals surface area contributed by atoms with E-state index in [1.807, 2.05) is 61.0 Å². The fourth-order valence-corrected chi connectivity index (χ4v) is 2.50. The fraction of sp³-hybridized carbons (Fsp3) is 0.250. The molecule has 21 heavy (non-hydrogen) atoms. The van der Waals surface area contributed by atoms with E-state index in [2.05, 4.69) is 10.2 Å². The number of aliphatic hydroxyl groups is 1. The van der Waals surface area contributed by atoms with Gasteiger partial charge in [-0.1, -0.05) is 18.2 Å². The highest BCUT2D eigenvalue weighted by Gasteiger charge is 2.20. The predicted molar refractivity (Wildman–Crippen MR) is 80.3 cm³/mol. The molecule has 5 heteroatoms. The van der Waals surface area contributed by atoms with Crippen molar-refractivity contribution in [3.63, 3.8) is 0 Å². The Morgan fingerprint density at radius 2 is 1.90 bits per heavy atom. The summed E-state index contributed by atoms with van der Waals surface area (Å²) in [5.74, 6) is 0. The zero-order valence-electron chi connectivity index (χ0n) is 12.1. The molecule has 0 spiro atoms. The van der Waals surface area contributed by atoms with Crippen LogP contribution in [0, 0.1) is 6.92 Å². The number of rotatable bonds is 4. The molecule has 3 rings (SSSR count). The molecule has 0 amide bonds. The van der Waals surface area contributed by atoms with Crippen molar-refractivity contribution < 1.29 is 5.11 Å². The van der Waals surface area contributed by atoms with Crippen LogP contribution in [0.3, 0.4) is 0 Å². The molecule has 0 fully saturated rings. The van der Waals surface area contributed by atoms with Gasteiger partial charge >= 0.3 is 0 Å². The molecule has 0 radical (unpaired) electrons. The van der Waals surface area contributed by atoms with Gasteiger partial charge in [0.05, 0.1) is 22.8 Å². The number of aromatic nitrogens is 4. The molecule has 108 valence electrons. The highest BCUT2D eigenvalue weighted by atomic mass is 16.3. The van der Waals surface area contributed by atoms with Gasteiger partial charge < -0.3 is 5.11 Å². The molecular weight excluding hydrogens is 264 g/mol. The van der Waals surface area contributed by atoms with E-state index < -0.39 is 6.10 Å². The second-order valence-corrected chi connectivity index (χ2v) is 4.93. The van der Waals surface area contributed by atoms with Gasteiger partial charge in [0.15, 0.2) is 0 Å². The van der Waals surface area contributed by atoms with Crippen LogP contribution >= 0.6 is 0 Å². The molecule has 0 aliphatic carbocycles. The summed E-state index contributed by atoms with van der Waals surface area (Å²) < 4.78 is 3.58. The lowest BCUT2D eigenvalue weighted by Gasteiger charge is -2.14. The van der Waals surface area contributed by atoms with Crippen LogP contribution in [0.4, 0.5) is 0 Å². The van der Waals surface area contributed by atoms with Crippen LogP contribution in [0.15, 0.2) is 48.7 Å². The Morgan fingerprint density at radius 3 is 2.62 bits per heavy atom. The number of benzene rings is 1. The van der Waals surface area contributed by atoms with Crippen molar-refractivity contribution in [2.45, 2.75) is 26.5 Å². The summed E-state index contributed by atoms with van der Waals surface area (Å²) in [5, 5.41) is 19.4. The van der Waals surface area contributed by atoms with E-state index in [9.17, 15) is 5.11 Å². The van der Waals surface area contributed by atoms with Gasteiger partial charge in [-0.2, -0.15) is 10.2 Å². The van der Waals surface area contributed by atoms with E-state index in [0.29, 0.717) is 0 Å². The molecular formula is C16H18N4O. The summed E-state index contributed by atoms with van der Waals surface area (Å²) in [6, 6.07) is 13.5. The minimum absolute atomic E-state index is 0.722. The molecule has 0 aliphatic rings. The van der Waals surface area contributed by atoms with Crippen LogP contribution in [-0.4, -0.2) is 24.7 Å². The smallest absolute Gasteiger partial charge is 0.138 e. The zero-order valence-corrected chi connectivity index (χ0v) is 12.1. The molecule has 0 bridgehead atoms. The third-order valence-electron chi connectivity index (χ3n) is 3.47. The molecule has 1 N–H and O–H groups in total. The first-order chi connectivity index (χ1) is 10.2. The lowest BCUT2D eigenvalue weighted by atomic mass is 10.1. The molecule has 1 unspecified atom stereocenters. The third-order valence-corrected chi connectivity index (χ3v) is 3.47. The summed E-state index contributed by atoms with van der Waals surface area (Å²) >= 11 is 0. The fourth-order valence-electron chi connectivity index (χ4n) is 2.50. The third kappa shape index (κ3) is 2.48. The zero-order chi connectivity index (χ0) is 14.8. The minimum atomic E-state index is -0.756. The first-order valence-corrected chi connectivity index (χ1v) is 7.02. The maximum atomic E-state index is 10.7. The van der Waals surface area contributed by atoms with E-state index in [1.54, 1.807) is 10.9 Å². The molecule has 1 atom stereocenters. The largest absolute Gasteiger partial charge is 0.380 e. The quantitative estimate of drug-likeness (QED) is 0.800. The summed E-state index contributed by atoms with van der Waals surface area (Å²) in [5.41, 5.74) is 3.34. The van der Waals surface area contributed by atoms with Crippen LogP contribution in [0.25, 0.3) is 5.69 Å². The number of aliphatic hydroxyl groups excluding tert-OH is 1. The first kappa shape index (κ1) is 13.6. The molecule has 0 saturated carbocycles. The predicted octanol–water partition coefficient (Wildman–Crippen LogP) is 2.48. The van der Waals surface area contributed by atoms with Crippen LogP contribution in [0.2, 0.25) is 0 Å². The molecule has 2 aromatic heterocycles. The summed E-state index contributed by atoms with van der Waals surface area (Å²) in [6.45, 7) is 4.66. The average molecular weight is 282 g/mol. The van der Waals surface area contributed by atoms with Crippen LogP contribution in [0.1, 0.15) is 30.1 Å². The summed E-state index contributed by atoms with van der Waals surface area (Å²) in [4.78, 5) is 0. The van der Waals surface area contributed by atoms with Gasteiger partial charge in [0.25, 0.3) is 0 Å². The van der Waals surface area contributed by atoms with Crippen molar-refractivity contribution in [3.05, 3.63) is 65.7 Å². The van der Waals surface area contributed by atoms with Crippen LogP contribution < -0.4 is 0 Å². The lowest BCUT2D eigenvalue weighted by molar-refractivity contribution is 0.200. The Morgan fingerprint density at radius 1 is 1.14 bits per heavy atom. The van der Waals surface area contributed by atoms with E-state index in [4.69, 9.17) is 0 Å². The maximum absolute atomic E-state index is 10.7. The SMILES string of the molecule is CCn1nc(C)cc1C(O)c1ccnn1-c1ccccc1. The summed E-state index contributed by atoms with van der Waals surface area (Å²) in [7, 11) is 0. The number of nitrogens with zero attached hydrogens (tertiary/aromatic N) is 4. The van der Waals surface area contributed by atoms with Crippen LogP contribution in [0.5, 0.6) is 0 Å². The number of hydrogen-bond donors (Lipinski definition) is 1. The molecule has 3 aromatic rings. The van der Waals surface area contributed by atoms with Gasteiger partial charge in [0, 0.05) is 12.7 Å². The van der Waals surface area contributed by atoms with E-state index in [1.165, 1.54) is 0 Å². The van der Waals surface area contributed by atoms with Crippen molar-refractivity contribution in [1.29, 1.82) is 0 Å². The van der Waals surface area contributed by atoms with Gasteiger partial charge in [-0.25, -0.2) is 4.68 Å². The highest BCUT2D eigenvalue weighted by Crippen LogP contribution is 2.24. The number of para-hydroxylation sites is 1. The first-order valence-electron chi connectivity index (χ1n) is 7.02. The molecule has 2 heterocycles. The Hall–Kier alpha value is -2.40. The van der Waals surface area contributed by atoms with E-state index in [-0.39, 0.29) is 0 Å². The number of hydrogen-bond acceptors (Lipinski definition) is 3. The van der Waals surface area contributed by atoms with Crippen LogP contribution in [-0.2, 0) is 6.54 Å². The Balaban J connectivity index is 2.03. The van der Waals surface area contributed by atoms with Gasteiger partial charge in [0.2, 0.25) is 0 Å². The summed E-state index contributed by atoms with van der Waals surface area (Å²) in [6.07, 6.45) is 0.944. The van der Waals surface area contributed by atoms with Gasteiger partial charge in [-0.05, 0) is 38.1 Å². The second-order valence-electron chi connectivity index (χ2n) is 4.93. The molecule has 0 saturated heterocycles. The molecule has 5 nitrogen and oxygen atoms in total. The molecule has 1 aromatic carbocycles. The Labute approximate surface area is 123 Å². The maximum Gasteiger partial charge on any atom is 0.138 e. The second kappa shape index (κ2) is 5.54. The monoisotopic (exact) mass is 282 g/mol. The van der Waals surface area contributed by atoms with Crippen molar-refractivity contribution in [2.24, 2.45) is 0 Å². The Kier molecular flexibility index (Phi) is 3.58. The van der Waals surface area contributed by atoms with Crippen molar-refractivity contribution in [3.8, 4) is 5.69 Å². The molecule has 0 aliphatic heterocycles. The van der Waals surface area contributed by atoms with E-state index in [0.717, 1.165) is 29.3 Å². The van der Waals surface area contributed by atoms with E-state index >= 15 is 0 Å². The minimum Gasteiger partial charge on any atom is -0.380 e. The lowest BCUT2D eigenvalue weighted by Crippen LogP contribution is -2.13. The van der Waals surface area contributed by atoms with Gasteiger partial charge in [-0.3, -0.25) is 4.68 Å². The number of aryl methyl sites for hydroxylation is 2. The average Bonchev–Trinajstić information content (AvgIpc) is 3.13. The Bertz CT molecular complexity index is 730. The van der Waals surface area contributed by atoms with Crippen molar-refractivity contribution >= 4 is 0 Å².